The lowest BCUT2D eigenvalue weighted by Crippen LogP contribution is -2.40. The van der Waals surface area contributed by atoms with Gasteiger partial charge in [0, 0.05) is 25.4 Å². The zero-order valence-corrected chi connectivity index (χ0v) is 14.8. The molecule has 1 N–H and O–H groups in total. The predicted molar refractivity (Wildman–Crippen MR) is 93.5 cm³/mol. The van der Waals surface area contributed by atoms with Crippen molar-refractivity contribution >= 4 is 34.6 Å². The van der Waals surface area contributed by atoms with Gasteiger partial charge in [-0.15, -0.1) is 0 Å². The molecule has 0 bridgehead atoms. The van der Waals surface area contributed by atoms with Crippen LogP contribution in [0.5, 0.6) is 0 Å². The summed E-state index contributed by atoms with van der Waals surface area (Å²) in [5, 5.41) is 11.5. The Balaban J connectivity index is 2.10. The van der Waals surface area contributed by atoms with Gasteiger partial charge in [0.1, 0.15) is 0 Å². The largest absolute Gasteiger partial charge is 0.417 e. The van der Waals surface area contributed by atoms with E-state index in [-0.39, 0.29) is 28.3 Å². The van der Waals surface area contributed by atoms with E-state index in [9.17, 15) is 13.2 Å². The number of nitriles is 1. The number of hydrogen-bond donors (Lipinski definition) is 1. The number of ether oxygens (including phenoxy) is 1. The summed E-state index contributed by atoms with van der Waals surface area (Å²) in [6, 6.07) is 5.57. The fourth-order valence-corrected chi connectivity index (χ4v) is 3.03. The van der Waals surface area contributed by atoms with Crippen molar-refractivity contribution in [3.63, 3.8) is 0 Å². The number of alkyl halides is 3. The van der Waals surface area contributed by atoms with Gasteiger partial charge in [-0.05, 0) is 43.3 Å². The van der Waals surface area contributed by atoms with Crippen LogP contribution >= 0.6 is 23.8 Å². The Morgan fingerprint density at radius 3 is 2.84 bits per heavy atom. The maximum Gasteiger partial charge on any atom is 0.417 e. The molecular formula is C16H17ClF3N3OS. The van der Waals surface area contributed by atoms with E-state index in [0.717, 1.165) is 18.9 Å². The Bertz CT molecular complexity index is 657. The summed E-state index contributed by atoms with van der Waals surface area (Å²) in [4.78, 5) is 1.75. The van der Waals surface area contributed by atoms with E-state index in [0.29, 0.717) is 19.7 Å². The lowest BCUT2D eigenvalue weighted by Gasteiger charge is -2.27. The van der Waals surface area contributed by atoms with Crippen LogP contribution in [0.25, 0.3) is 0 Å². The zero-order chi connectivity index (χ0) is 18.4. The highest BCUT2D eigenvalue weighted by Crippen LogP contribution is 2.36. The lowest BCUT2D eigenvalue weighted by atomic mass is 10.2. The smallest absolute Gasteiger partial charge is 0.376 e. The summed E-state index contributed by atoms with van der Waals surface area (Å²) in [5.74, 6) is 0. The first-order chi connectivity index (χ1) is 11.8. The predicted octanol–water partition coefficient (Wildman–Crippen LogP) is 4.45. The Morgan fingerprint density at radius 1 is 1.48 bits per heavy atom. The van der Waals surface area contributed by atoms with Crippen LogP contribution in [-0.4, -0.2) is 35.8 Å². The Morgan fingerprint density at radius 2 is 2.24 bits per heavy atom. The van der Waals surface area contributed by atoms with Crippen LogP contribution in [0.2, 0.25) is 5.02 Å². The lowest BCUT2D eigenvalue weighted by molar-refractivity contribution is -0.137. The van der Waals surface area contributed by atoms with Crippen molar-refractivity contribution in [2.24, 2.45) is 0 Å². The van der Waals surface area contributed by atoms with Crippen LogP contribution in [0.15, 0.2) is 18.2 Å². The van der Waals surface area contributed by atoms with Gasteiger partial charge in [-0.2, -0.15) is 18.4 Å². The number of nitrogens with one attached hydrogen (secondary N) is 1. The Hall–Kier alpha value is -1.56. The molecule has 1 unspecified atom stereocenters. The van der Waals surface area contributed by atoms with Gasteiger partial charge in [-0.3, -0.25) is 0 Å². The van der Waals surface area contributed by atoms with Crippen LogP contribution in [-0.2, 0) is 10.9 Å². The fourth-order valence-electron chi connectivity index (χ4n) is 2.52. The minimum Gasteiger partial charge on any atom is -0.376 e. The minimum absolute atomic E-state index is 0.00870. The standard InChI is InChI=1S/C16H17ClF3N3OS/c17-14-5-4-11(9-13(14)16(18,19)20)22-15(25)23(7-2-6-21)10-12-3-1-8-24-12/h4-5,9,12H,1-3,7-8,10H2,(H,22,25). The Labute approximate surface area is 154 Å². The molecule has 0 saturated carbocycles. The molecule has 2 rings (SSSR count). The van der Waals surface area contributed by atoms with Crippen molar-refractivity contribution < 1.29 is 17.9 Å². The first-order valence-electron chi connectivity index (χ1n) is 7.72. The van der Waals surface area contributed by atoms with Gasteiger partial charge in [0.25, 0.3) is 0 Å². The molecular weight excluding hydrogens is 375 g/mol. The molecule has 9 heteroatoms. The van der Waals surface area contributed by atoms with Crippen LogP contribution < -0.4 is 5.32 Å². The van der Waals surface area contributed by atoms with Gasteiger partial charge in [-0.25, -0.2) is 0 Å². The van der Waals surface area contributed by atoms with E-state index in [1.54, 1.807) is 4.90 Å². The number of thiocarbonyl (C=S) groups is 1. The molecule has 1 saturated heterocycles. The van der Waals surface area contributed by atoms with E-state index in [2.05, 4.69) is 5.32 Å². The van der Waals surface area contributed by atoms with E-state index < -0.39 is 11.7 Å². The molecule has 4 nitrogen and oxygen atoms in total. The number of rotatable bonds is 5. The third-order valence-electron chi connectivity index (χ3n) is 3.75. The van der Waals surface area contributed by atoms with Crippen molar-refractivity contribution in [1.82, 2.24) is 4.90 Å². The summed E-state index contributed by atoms with van der Waals surface area (Å²) >= 11 is 10.9. The third kappa shape index (κ3) is 5.73. The number of benzene rings is 1. The van der Waals surface area contributed by atoms with Crippen molar-refractivity contribution in [3.8, 4) is 6.07 Å². The van der Waals surface area contributed by atoms with E-state index in [1.807, 2.05) is 6.07 Å². The van der Waals surface area contributed by atoms with Crippen LogP contribution in [0.1, 0.15) is 24.8 Å². The molecule has 0 radical (unpaired) electrons. The van der Waals surface area contributed by atoms with Gasteiger partial charge in [0.05, 0.1) is 29.2 Å². The molecule has 25 heavy (non-hydrogen) atoms. The maximum atomic E-state index is 13.0. The fraction of sp³-hybridized carbons (Fsp3) is 0.500. The Kier molecular flexibility index (Phi) is 6.87. The molecule has 1 aromatic carbocycles. The average Bonchev–Trinajstić information content (AvgIpc) is 3.05. The number of hydrogen-bond acceptors (Lipinski definition) is 3. The summed E-state index contributed by atoms with van der Waals surface area (Å²) in [6.45, 7) is 1.55. The topological polar surface area (TPSA) is 48.3 Å². The van der Waals surface area contributed by atoms with Crippen molar-refractivity contribution in [1.29, 1.82) is 5.26 Å². The van der Waals surface area contributed by atoms with Crippen LogP contribution in [0.3, 0.4) is 0 Å². The van der Waals surface area contributed by atoms with Gasteiger partial charge >= 0.3 is 6.18 Å². The van der Waals surface area contributed by atoms with Crippen LogP contribution in [0.4, 0.5) is 18.9 Å². The molecule has 0 amide bonds. The van der Waals surface area contributed by atoms with Gasteiger partial charge in [0.2, 0.25) is 0 Å². The monoisotopic (exact) mass is 391 g/mol. The highest BCUT2D eigenvalue weighted by Gasteiger charge is 2.33. The summed E-state index contributed by atoms with van der Waals surface area (Å²) in [5.41, 5.74) is -0.735. The maximum absolute atomic E-state index is 13.0. The second-order valence-electron chi connectivity index (χ2n) is 5.61. The van der Waals surface area contributed by atoms with Gasteiger partial charge in [0.15, 0.2) is 5.11 Å². The van der Waals surface area contributed by atoms with Crippen molar-refractivity contribution in [3.05, 3.63) is 28.8 Å². The highest BCUT2D eigenvalue weighted by molar-refractivity contribution is 7.80. The minimum atomic E-state index is -4.55. The van der Waals surface area contributed by atoms with E-state index in [4.69, 9.17) is 33.8 Å². The molecule has 1 heterocycles. The first kappa shape index (κ1) is 19.8. The second kappa shape index (κ2) is 8.70. The molecule has 1 fully saturated rings. The molecule has 0 aromatic heterocycles. The molecule has 1 aliphatic heterocycles. The van der Waals surface area contributed by atoms with Gasteiger partial charge < -0.3 is 15.0 Å². The van der Waals surface area contributed by atoms with Crippen molar-refractivity contribution in [2.75, 3.05) is 25.0 Å². The van der Waals surface area contributed by atoms with E-state index in [1.165, 1.54) is 12.1 Å². The normalized spacial score (nSPS) is 17.2. The third-order valence-corrected chi connectivity index (χ3v) is 4.44. The SMILES string of the molecule is N#CCCN(CC1CCCO1)C(=S)Nc1ccc(Cl)c(C(F)(F)F)c1. The zero-order valence-electron chi connectivity index (χ0n) is 13.3. The van der Waals surface area contributed by atoms with Crippen molar-refractivity contribution in [2.45, 2.75) is 31.5 Å². The molecule has 1 aliphatic rings. The molecule has 0 aliphatic carbocycles. The molecule has 1 atom stereocenters. The van der Waals surface area contributed by atoms with E-state index >= 15 is 0 Å². The van der Waals surface area contributed by atoms with Gasteiger partial charge in [-0.1, -0.05) is 11.6 Å². The van der Waals surface area contributed by atoms with Crippen LogP contribution in [0, 0.1) is 11.3 Å². The number of halogens is 4. The summed E-state index contributed by atoms with van der Waals surface area (Å²) in [7, 11) is 0. The number of nitrogens with zero attached hydrogens (tertiary/aromatic N) is 2. The second-order valence-corrected chi connectivity index (χ2v) is 6.41. The first-order valence-corrected chi connectivity index (χ1v) is 8.51. The molecule has 1 aromatic rings. The molecule has 0 spiro atoms. The summed E-state index contributed by atoms with van der Waals surface area (Å²) < 4.78 is 44.4. The average molecular weight is 392 g/mol. The highest BCUT2D eigenvalue weighted by atomic mass is 35.5. The summed E-state index contributed by atoms with van der Waals surface area (Å²) in [6.07, 6.45) is -2.43. The number of anilines is 1. The quantitative estimate of drug-likeness (QED) is 0.751. The molecule has 136 valence electrons.